The van der Waals surface area contributed by atoms with Gasteiger partial charge in [-0.25, -0.2) is 0 Å². The molecular formula is C20H32O5. The van der Waals surface area contributed by atoms with Gasteiger partial charge in [-0.05, 0) is 32.1 Å². The Bertz CT molecular complexity index is 469. The van der Waals surface area contributed by atoms with E-state index in [0.717, 1.165) is 12.8 Å². The minimum Gasteiger partial charge on any atom is -0.481 e. The van der Waals surface area contributed by atoms with Gasteiger partial charge in [0.05, 0.1) is 12.2 Å². The average Bonchev–Trinajstić information content (AvgIpc) is 2.81. The molecule has 0 aromatic carbocycles. The first-order valence-corrected chi connectivity index (χ1v) is 9.39. The normalized spacial score (nSPS) is 25.2. The average molecular weight is 352 g/mol. The number of aliphatic hydroxyl groups is 2. The monoisotopic (exact) mass is 352 g/mol. The molecule has 4 atom stereocenters. The van der Waals surface area contributed by atoms with Gasteiger partial charge in [-0.2, -0.15) is 0 Å². The molecular weight excluding hydrogens is 320 g/mol. The number of ketones is 1. The summed E-state index contributed by atoms with van der Waals surface area (Å²) in [5.74, 6) is -1.32. The van der Waals surface area contributed by atoms with E-state index in [1.807, 2.05) is 6.08 Å². The highest BCUT2D eigenvalue weighted by atomic mass is 16.4. The van der Waals surface area contributed by atoms with Crippen molar-refractivity contribution < 1.29 is 24.9 Å². The smallest absolute Gasteiger partial charge is 0.303 e. The molecule has 0 saturated heterocycles. The van der Waals surface area contributed by atoms with E-state index >= 15 is 0 Å². The second-order valence-corrected chi connectivity index (χ2v) is 6.86. The van der Waals surface area contributed by atoms with Crippen LogP contribution >= 0.6 is 0 Å². The van der Waals surface area contributed by atoms with E-state index < -0.39 is 18.2 Å². The lowest BCUT2D eigenvalue weighted by molar-refractivity contribution is -0.137. The molecule has 25 heavy (non-hydrogen) atoms. The standard InChI is InChI=1S/C20H32O5/c1-2-3-4-5-6-7-10-16-17(19(23)14-18(16)22)13-12-15(21)9-8-11-20(24)25/h6-7,12-13,15-17,19,21,23H,2-5,8-11,14H2,1H3,(H,24,25)/b7-6-,13-12+/t15-,16-,17+,19-/m0/s1. The minimum atomic E-state index is -0.876. The molecule has 0 spiro atoms. The van der Waals surface area contributed by atoms with Gasteiger partial charge in [0, 0.05) is 24.7 Å². The fourth-order valence-electron chi connectivity index (χ4n) is 3.22. The molecule has 0 heterocycles. The fraction of sp³-hybridized carbons (Fsp3) is 0.700. The zero-order valence-corrected chi connectivity index (χ0v) is 15.1. The maximum absolute atomic E-state index is 12.1. The van der Waals surface area contributed by atoms with Gasteiger partial charge in [-0.1, -0.05) is 44.1 Å². The molecule has 1 saturated carbocycles. The number of hydrogen-bond acceptors (Lipinski definition) is 4. The van der Waals surface area contributed by atoms with Crippen molar-refractivity contribution in [3.8, 4) is 0 Å². The summed E-state index contributed by atoms with van der Waals surface area (Å²) < 4.78 is 0. The summed E-state index contributed by atoms with van der Waals surface area (Å²) in [4.78, 5) is 22.6. The van der Waals surface area contributed by atoms with E-state index in [0.29, 0.717) is 19.3 Å². The van der Waals surface area contributed by atoms with Crippen LogP contribution in [0.1, 0.15) is 64.7 Å². The highest BCUT2D eigenvalue weighted by Gasteiger charge is 2.39. The summed E-state index contributed by atoms with van der Waals surface area (Å²) >= 11 is 0. The van der Waals surface area contributed by atoms with Crippen molar-refractivity contribution in [1.29, 1.82) is 0 Å². The van der Waals surface area contributed by atoms with Crippen molar-refractivity contribution in [1.82, 2.24) is 0 Å². The number of allylic oxidation sites excluding steroid dienone is 2. The van der Waals surface area contributed by atoms with E-state index in [4.69, 9.17) is 5.11 Å². The van der Waals surface area contributed by atoms with E-state index in [2.05, 4.69) is 13.0 Å². The molecule has 1 fully saturated rings. The predicted octanol–water partition coefficient (Wildman–Crippen LogP) is 3.25. The van der Waals surface area contributed by atoms with Crippen molar-refractivity contribution >= 4 is 11.8 Å². The van der Waals surface area contributed by atoms with Crippen LogP contribution in [0.15, 0.2) is 24.3 Å². The Hall–Kier alpha value is -1.46. The summed E-state index contributed by atoms with van der Waals surface area (Å²) in [5.41, 5.74) is 0. The highest BCUT2D eigenvalue weighted by molar-refractivity contribution is 5.84. The molecule has 5 nitrogen and oxygen atoms in total. The van der Waals surface area contributed by atoms with Crippen molar-refractivity contribution in [2.24, 2.45) is 11.8 Å². The first-order chi connectivity index (χ1) is 12.0. The summed E-state index contributed by atoms with van der Waals surface area (Å²) in [7, 11) is 0. The lowest BCUT2D eigenvalue weighted by Crippen LogP contribution is -2.18. The second kappa shape index (κ2) is 12.0. The van der Waals surface area contributed by atoms with Gasteiger partial charge < -0.3 is 15.3 Å². The first kappa shape index (κ1) is 21.6. The molecule has 0 aromatic rings. The Morgan fingerprint density at radius 1 is 1.28 bits per heavy atom. The Morgan fingerprint density at radius 3 is 2.72 bits per heavy atom. The number of aliphatic carboxylic acids is 1. The summed E-state index contributed by atoms with van der Waals surface area (Å²) in [6, 6.07) is 0. The number of Topliss-reactive ketones (excluding diaryl/α,β-unsaturated/α-hetero) is 1. The third-order valence-corrected chi connectivity index (χ3v) is 4.71. The van der Waals surface area contributed by atoms with Crippen LogP contribution in [0.3, 0.4) is 0 Å². The molecule has 5 heteroatoms. The van der Waals surface area contributed by atoms with Crippen molar-refractivity contribution in [2.75, 3.05) is 0 Å². The number of unbranched alkanes of at least 4 members (excludes halogenated alkanes) is 3. The largest absolute Gasteiger partial charge is 0.481 e. The van der Waals surface area contributed by atoms with Crippen molar-refractivity contribution in [3.63, 3.8) is 0 Å². The third-order valence-electron chi connectivity index (χ3n) is 4.71. The second-order valence-electron chi connectivity index (χ2n) is 6.86. The molecule has 0 radical (unpaired) electrons. The molecule has 1 aliphatic rings. The summed E-state index contributed by atoms with van der Waals surface area (Å²) in [6.07, 6.45) is 12.1. The molecule has 0 aromatic heterocycles. The number of carboxylic acids is 1. The molecule has 1 aliphatic carbocycles. The van der Waals surface area contributed by atoms with Crippen LogP contribution in [0.2, 0.25) is 0 Å². The van der Waals surface area contributed by atoms with Crippen molar-refractivity contribution in [3.05, 3.63) is 24.3 Å². The van der Waals surface area contributed by atoms with Crippen LogP contribution in [0.5, 0.6) is 0 Å². The van der Waals surface area contributed by atoms with Crippen molar-refractivity contribution in [2.45, 2.75) is 76.9 Å². The Labute approximate surface area is 150 Å². The Morgan fingerprint density at radius 2 is 2.04 bits per heavy atom. The maximum atomic E-state index is 12.1. The number of aliphatic hydroxyl groups excluding tert-OH is 2. The van der Waals surface area contributed by atoms with Gasteiger partial charge in [-0.3, -0.25) is 9.59 Å². The minimum absolute atomic E-state index is 0.0287. The van der Waals surface area contributed by atoms with Crippen LogP contribution in [0, 0.1) is 11.8 Å². The quantitative estimate of drug-likeness (QED) is 0.370. The topological polar surface area (TPSA) is 94.8 Å². The SMILES string of the molecule is CCCCC/C=C\C[C@@H]1C(=O)C[C@H](O)[C@@H]1/C=C/[C@@H](O)CCCC(=O)O. The van der Waals surface area contributed by atoms with Crippen LogP contribution in [0.25, 0.3) is 0 Å². The van der Waals surface area contributed by atoms with Gasteiger partial charge in [0.1, 0.15) is 5.78 Å². The number of carbonyl (C=O) groups excluding carboxylic acids is 1. The van der Waals surface area contributed by atoms with Crippen LogP contribution < -0.4 is 0 Å². The number of rotatable bonds is 12. The molecule has 3 N–H and O–H groups in total. The lowest BCUT2D eigenvalue weighted by atomic mass is 9.90. The fourth-order valence-corrected chi connectivity index (χ4v) is 3.22. The lowest BCUT2D eigenvalue weighted by Gasteiger charge is -2.16. The third kappa shape index (κ3) is 8.45. The van der Waals surface area contributed by atoms with Gasteiger partial charge in [0.15, 0.2) is 0 Å². The summed E-state index contributed by atoms with van der Waals surface area (Å²) in [6.45, 7) is 2.16. The molecule has 0 aliphatic heterocycles. The molecule has 0 amide bonds. The number of hydrogen-bond donors (Lipinski definition) is 3. The van der Waals surface area contributed by atoms with Gasteiger partial charge in [-0.15, -0.1) is 0 Å². The molecule has 0 bridgehead atoms. The van der Waals surface area contributed by atoms with Crippen LogP contribution in [-0.4, -0.2) is 39.3 Å². The highest BCUT2D eigenvalue weighted by Crippen LogP contribution is 2.33. The first-order valence-electron chi connectivity index (χ1n) is 9.39. The zero-order valence-electron chi connectivity index (χ0n) is 15.1. The molecule has 1 rings (SSSR count). The molecule has 0 unspecified atom stereocenters. The predicted molar refractivity (Wildman–Crippen MR) is 97.1 cm³/mol. The summed E-state index contributed by atoms with van der Waals surface area (Å²) in [5, 5.41) is 28.6. The zero-order chi connectivity index (χ0) is 18.7. The van der Waals surface area contributed by atoms with E-state index in [9.17, 15) is 19.8 Å². The van der Waals surface area contributed by atoms with Gasteiger partial charge in [0.2, 0.25) is 0 Å². The van der Waals surface area contributed by atoms with Crippen LogP contribution in [-0.2, 0) is 9.59 Å². The van der Waals surface area contributed by atoms with E-state index in [1.54, 1.807) is 12.2 Å². The van der Waals surface area contributed by atoms with Crippen LogP contribution in [0.4, 0.5) is 0 Å². The van der Waals surface area contributed by atoms with E-state index in [1.165, 1.54) is 12.8 Å². The maximum Gasteiger partial charge on any atom is 0.303 e. The Balaban J connectivity index is 2.49. The Kier molecular flexibility index (Phi) is 10.3. The number of carbonyl (C=O) groups is 2. The molecule has 142 valence electrons. The number of carboxylic acid groups (broad SMARTS) is 1. The van der Waals surface area contributed by atoms with Gasteiger partial charge in [0.25, 0.3) is 0 Å². The van der Waals surface area contributed by atoms with E-state index in [-0.39, 0.29) is 30.5 Å². The van der Waals surface area contributed by atoms with Gasteiger partial charge >= 0.3 is 5.97 Å².